The molecule has 0 aromatic carbocycles. The molecule has 0 N–H and O–H groups in total. The molecule has 0 aliphatic carbocycles. The fraction of sp³-hybridized carbons (Fsp3) is 0.667. The molecule has 1 rings (SSSR count). The molecule has 0 radical (unpaired) electrons. The number of likely N-dealkylation sites (tertiary alicyclic amines) is 1. The molecule has 0 aromatic heterocycles. The predicted molar refractivity (Wildman–Crippen MR) is 49.2 cm³/mol. The molecule has 1 aliphatic heterocycles. The second-order valence-corrected chi connectivity index (χ2v) is 3.09. The van der Waals surface area contributed by atoms with Crippen molar-refractivity contribution >= 4 is 6.21 Å². The lowest BCUT2D eigenvalue weighted by Gasteiger charge is -2.36. The lowest BCUT2D eigenvalue weighted by atomic mass is 9.92. The first-order valence-electron chi connectivity index (χ1n) is 4.04. The van der Waals surface area contributed by atoms with Crippen LogP contribution in [0.4, 0.5) is 0 Å². The molecule has 11 heavy (non-hydrogen) atoms. The van der Waals surface area contributed by atoms with Gasteiger partial charge in [0.25, 0.3) is 0 Å². The van der Waals surface area contributed by atoms with Gasteiger partial charge in [-0.25, -0.2) is 0 Å². The summed E-state index contributed by atoms with van der Waals surface area (Å²) in [5, 5.41) is 0. The first kappa shape index (κ1) is 8.47. The maximum absolute atomic E-state index is 4.02. The highest BCUT2D eigenvalue weighted by molar-refractivity contribution is 5.79. The van der Waals surface area contributed by atoms with Gasteiger partial charge in [-0.1, -0.05) is 6.08 Å². The second-order valence-electron chi connectivity index (χ2n) is 3.09. The molecule has 0 atom stereocenters. The van der Waals surface area contributed by atoms with Gasteiger partial charge in [0.05, 0.1) is 0 Å². The summed E-state index contributed by atoms with van der Waals surface area (Å²) in [7, 11) is 3.97. The van der Waals surface area contributed by atoms with Gasteiger partial charge < -0.3 is 4.90 Å². The highest BCUT2D eigenvalue weighted by Crippen LogP contribution is 2.20. The van der Waals surface area contributed by atoms with Crippen molar-refractivity contribution in [1.29, 1.82) is 0 Å². The van der Waals surface area contributed by atoms with Crippen LogP contribution >= 0.6 is 0 Å². The third-order valence-corrected chi connectivity index (χ3v) is 2.15. The van der Waals surface area contributed by atoms with E-state index in [1.54, 1.807) is 0 Å². The summed E-state index contributed by atoms with van der Waals surface area (Å²) < 4.78 is 0. The van der Waals surface area contributed by atoms with Gasteiger partial charge in [-0.3, -0.25) is 4.99 Å². The molecular formula is C9H16N2. The topological polar surface area (TPSA) is 15.6 Å². The van der Waals surface area contributed by atoms with Gasteiger partial charge in [-0.2, -0.15) is 0 Å². The minimum atomic E-state index is 0.730. The van der Waals surface area contributed by atoms with E-state index in [-0.39, 0.29) is 0 Å². The molecule has 0 saturated carbocycles. The van der Waals surface area contributed by atoms with Gasteiger partial charge in [0.1, 0.15) is 0 Å². The van der Waals surface area contributed by atoms with E-state index in [2.05, 4.69) is 29.9 Å². The maximum atomic E-state index is 4.02. The van der Waals surface area contributed by atoms with E-state index in [0.29, 0.717) is 0 Å². The number of aliphatic imine (C=N–C) groups is 1. The molecule has 1 heterocycles. The normalized spacial score (nSPS) is 22.6. The van der Waals surface area contributed by atoms with Crippen LogP contribution in [-0.2, 0) is 0 Å². The van der Waals surface area contributed by atoms with E-state index in [1.165, 1.54) is 18.7 Å². The molecule has 0 amide bonds. The zero-order valence-corrected chi connectivity index (χ0v) is 7.54. The van der Waals surface area contributed by atoms with Crippen molar-refractivity contribution in [3.05, 3.63) is 11.6 Å². The first-order valence-corrected chi connectivity index (χ1v) is 4.04. The van der Waals surface area contributed by atoms with Crippen molar-refractivity contribution in [2.45, 2.75) is 6.92 Å². The van der Waals surface area contributed by atoms with Crippen LogP contribution in [0.1, 0.15) is 6.92 Å². The van der Waals surface area contributed by atoms with E-state index in [1.807, 2.05) is 13.3 Å². The van der Waals surface area contributed by atoms with Gasteiger partial charge in [0, 0.05) is 32.3 Å². The Morgan fingerprint density at radius 1 is 1.55 bits per heavy atom. The van der Waals surface area contributed by atoms with Gasteiger partial charge in [0.15, 0.2) is 0 Å². The third kappa shape index (κ3) is 1.90. The molecule has 2 heteroatoms. The fourth-order valence-corrected chi connectivity index (χ4v) is 1.47. The summed E-state index contributed by atoms with van der Waals surface area (Å²) >= 11 is 0. The standard InChI is InChI=1S/C9H16N2/c1-4-8(5-10-2)9-6-11(3)7-9/h4-5,9H,6-7H2,1-3H3/b8-4+,10-5?. The van der Waals surface area contributed by atoms with Crippen molar-refractivity contribution < 1.29 is 0 Å². The predicted octanol–water partition coefficient (Wildman–Crippen LogP) is 1.19. The van der Waals surface area contributed by atoms with Gasteiger partial charge in [0.2, 0.25) is 0 Å². The summed E-state index contributed by atoms with van der Waals surface area (Å²) in [6.07, 6.45) is 4.13. The molecule has 2 nitrogen and oxygen atoms in total. The molecule has 0 spiro atoms. The SMILES string of the molecule is C/C=C(\C=NC)C1CN(C)C1. The minimum Gasteiger partial charge on any atom is -0.305 e. The van der Waals surface area contributed by atoms with Crippen LogP contribution in [-0.4, -0.2) is 38.3 Å². The summed E-state index contributed by atoms with van der Waals surface area (Å²) in [5.74, 6) is 0.730. The Balaban J connectivity index is 2.45. The lowest BCUT2D eigenvalue weighted by molar-refractivity contribution is 0.166. The molecule has 1 saturated heterocycles. The van der Waals surface area contributed by atoms with Crippen molar-refractivity contribution in [3.63, 3.8) is 0 Å². The van der Waals surface area contributed by atoms with Crippen LogP contribution in [0.5, 0.6) is 0 Å². The molecular weight excluding hydrogens is 136 g/mol. The van der Waals surface area contributed by atoms with Crippen molar-refractivity contribution in [1.82, 2.24) is 4.90 Å². The second kappa shape index (κ2) is 3.67. The van der Waals surface area contributed by atoms with E-state index in [4.69, 9.17) is 0 Å². The Hall–Kier alpha value is -0.630. The maximum Gasteiger partial charge on any atom is 0.0277 e. The van der Waals surface area contributed by atoms with Crippen LogP contribution in [0, 0.1) is 5.92 Å². The number of allylic oxidation sites excluding steroid dienone is 1. The van der Waals surface area contributed by atoms with Crippen LogP contribution in [0.25, 0.3) is 0 Å². The average Bonchev–Trinajstić information content (AvgIpc) is 1.95. The summed E-state index contributed by atoms with van der Waals surface area (Å²) in [4.78, 5) is 6.34. The van der Waals surface area contributed by atoms with Crippen LogP contribution < -0.4 is 0 Å². The Kier molecular flexibility index (Phi) is 2.83. The summed E-state index contributed by atoms with van der Waals surface area (Å²) in [6, 6.07) is 0. The van der Waals surface area contributed by atoms with Crippen LogP contribution in [0.2, 0.25) is 0 Å². The number of hydrogen-bond acceptors (Lipinski definition) is 2. The van der Waals surface area contributed by atoms with Crippen molar-refractivity contribution in [3.8, 4) is 0 Å². The van der Waals surface area contributed by atoms with Crippen molar-refractivity contribution in [2.75, 3.05) is 27.2 Å². The quantitative estimate of drug-likeness (QED) is 0.543. The fourth-order valence-electron chi connectivity index (χ4n) is 1.47. The Bertz CT molecular complexity index is 176. The Morgan fingerprint density at radius 2 is 2.18 bits per heavy atom. The molecule has 1 aliphatic rings. The Morgan fingerprint density at radius 3 is 2.55 bits per heavy atom. The largest absolute Gasteiger partial charge is 0.305 e. The highest BCUT2D eigenvalue weighted by atomic mass is 15.2. The zero-order valence-electron chi connectivity index (χ0n) is 7.54. The molecule has 62 valence electrons. The number of hydrogen-bond donors (Lipinski definition) is 0. The van der Waals surface area contributed by atoms with Gasteiger partial charge in [-0.05, 0) is 19.5 Å². The smallest absolute Gasteiger partial charge is 0.0277 e. The van der Waals surface area contributed by atoms with E-state index in [0.717, 1.165) is 5.92 Å². The number of rotatable bonds is 2. The Labute approximate surface area is 68.6 Å². The first-order chi connectivity index (χ1) is 5.27. The summed E-state index contributed by atoms with van der Waals surface area (Å²) in [5.41, 5.74) is 1.38. The zero-order chi connectivity index (χ0) is 8.27. The van der Waals surface area contributed by atoms with Gasteiger partial charge in [-0.15, -0.1) is 0 Å². The molecule has 0 aromatic rings. The van der Waals surface area contributed by atoms with Crippen LogP contribution in [0.3, 0.4) is 0 Å². The van der Waals surface area contributed by atoms with E-state index < -0.39 is 0 Å². The van der Waals surface area contributed by atoms with Crippen LogP contribution in [0.15, 0.2) is 16.6 Å². The molecule has 1 fully saturated rings. The minimum absolute atomic E-state index is 0.730. The summed E-state index contributed by atoms with van der Waals surface area (Å²) in [6.45, 7) is 4.45. The molecule has 0 unspecified atom stereocenters. The molecule has 0 bridgehead atoms. The third-order valence-electron chi connectivity index (χ3n) is 2.15. The average molecular weight is 152 g/mol. The monoisotopic (exact) mass is 152 g/mol. The van der Waals surface area contributed by atoms with E-state index >= 15 is 0 Å². The highest BCUT2D eigenvalue weighted by Gasteiger charge is 2.24. The van der Waals surface area contributed by atoms with Crippen molar-refractivity contribution in [2.24, 2.45) is 10.9 Å². The lowest BCUT2D eigenvalue weighted by Crippen LogP contribution is -2.44. The van der Waals surface area contributed by atoms with E-state index in [9.17, 15) is 0 Å². The van der Waals surface area contributed by atoms with Gasteiger partial charge >= 0.3 is 0 Å². The number of nitrogens with zero attached hydrogens (tertiary/aromatic N) is 2.